The van der Waals surface area contributed by atoms with Gasteiger partial charge in [0.1, 0.15) is 0 Å². The molecule has 4 heteroatoms. The van der Waals surface area contributed by atoms with Gasteiger partial charge in [-0.25, -0.2) is 15.0 Å². The summed E-state index contributed by atoms with van der Waals surface area (Å²) in [5.74, 6) is 4.81. The average molecular weight is 747 g/mol. The molecule has 0 aliphatic heterocycles. The number of fused-ring (bicyclic) bond motifs is 1. The predicted molar refractivity (Wildman–Crippen MR) is 235 cm³/mol. The van der Waals surface area contributed by atoms with Crippen molar-refractivity contribution in [1.29, 1.82) is 5.26 Å². The molecule has 278 valence electrons. The van der Waals surface area contributed by atoms with E-state index >= 15 is 0 Å². The highest BCUT2D eigenvalue weighted by atomic mass is 15.0. The maximum Gasteiger partial charge on any atom is 0.164 e. The summed E-state index contributed by atoms with van der Waals surface area (Å²) in [6.07, 6.45) is 8.44. The molecule has 0 amide bonds. The van der Waals surface area contributed by atoms with Crippen molar-refractivity contribution in [3.05, 3.63) is 175 Å². The van der Waals surface area contributed by atoms with Gasteiger partial charge in [0.15, 0.2) is 17.5 Å². The first-order chi connectivity index (χ1) is 28.6. The largest absolute Gasteiger partial charge is 0.208 e. The van der Waals surface area contributed by atoms with E-state index < -0.39 is 0 Å². The Hall–Kier alpha value is -6.70. The first-order valence-electron chi connectivity index (χ1n) is 20.7. The summed E-state index contributed by atoms with van der Waals surface area (Å²) < 4.78 is 0. The summed E-state index contributed by atoms with van der Waals surface area (Å²) in [5, 5.41) is 11.6. The van der Waals surface area contributed by atoms with Crippen molar-refractivity contribution in [2.75, 3.05) is 0 Å². The molecule has 4 aliphatic carbocycles. The van der Waals surface area contributed by atoms with E-state index in [1.165, 1.54) is 66.0 Å². The average Bonchev–Trinajstić information content (AvgIpc) is 3.28. The second-order valence-electron chi connectivity index (χ2n) is 17.0. The molecule has 8 aromatic rings. The Kier molecular flexibility index (Phi) is 8.36. The van der Waals surface area contributed by atoms with Crippen LogP contribution in [-0.4, -0.2) is 15.0 Å². The third-order valence-electron chi connectivity index (χ3n) is 13.4. The molecule has 4 aliphatic rings. The van der Waals surface area contributed by atoms with E-state index in [0.29, 0.717) is 28.5 Å². The molecule has 4 fully saturated rings. The molecule has 0 saturated heterocycles. The van der Waals surface area contributed by atoms with E-state index in [2.05, 4.69) is 127 Å². The van der Waals surface area contributed by atoms with Gasteiger partial charge in [-0.2, -0.15) is 5.26 Å². The van der Waals surface area contributed by atoms with E-state index in [4.69, 9.17) is 15.0 Å². The molecule has 0 spiro atoms. The van der Waals surface area contributed by atoms with Gasteiger partial charge in [0.25, 0.3) is 0 Å². The molecule has 0 N–H and O–H groups in total. The maximum absolute atomic E-state index is 9.19. The molecular formula is C54H42N4. The fourth-order valence-electron chi connectivity index (χ4n) is 11.0. The number of rotatable bonds is 7. The second kappa shape index (κ2) is 14.0. The van der Waals surface area contributed by atoms with Crippen molar-refractivity contribution in [3.63, 3.8) is 0 Å². The van der Waals surface area contributed by atoms with Gasteiger partial charge in [0.05, 0.1) is 11.6 Å². The van der Waals surface area contributed by atoms with Gasteiger partial charge in [-0.05, 0) is 124 Å². The number of nitrogens with zero attached hydrogens (tertiary/aromatic N) is 4. The van der Waals surface area contributed by atoms with Crippen LogP contribution in [0.5, 0.6) is 0 Å². The fraction of sp³-hybridized carbons (Fsp3) is 0.185. The molecule has 1 heterocycles. The minimum absolute atomic E-state index is 0.361. The predicted octanol–water partition coefficient (Wildman–Crippen LogP) is 13.4. The van der Waals surface area contributed by atoms with E-state index in [1.807, 2.05) is 42.5 Å². The van der Waals surface area contributed by atoms with Crippen molar-refractivity contribution in [3.8, 4) is 73.6 Å². The maximum atomic E-state index is 9.19. The van der Waals surface area contributed by atoms with Crippen LogP contribution in [-0.2, 0) is 5.41 Å². The molecule has 1 aromatic heterocycles. The van der Waals surface area contributed by atoms with Gasteiger partial charge in [0, 0.05) is 16.7 Å². The lowest BCUT2D eigenvalue weighted by atomic mass is 9.48. The Morgan fingerprint density at radius 1 is 0.397 bits per heavy atom. The zero-order valence-electron chi connectivity index (χ0n) is 32.4. The van der Waals surface area contributed by atoms with Crippen LogP contribution in [0.2, 0.25) is 0 Å². The number of hydrogen-bond donors (Lipinski definition) is 0. The highest BCUT2D eigenvalue weighted by Gasteiger charge is 2.51. The summed E-state index contributed by atoms with van der Waals surface area (Å²) in [6.45, 7) is 0. The van der Waals surface area contributed by atoms with Crippen molar-refractivity contribution in [2.24, 2.45) is 17.8 Å². The lowest BCUT2D eigenvalue weighted by molar-refractivity contribution is -0.00518. The summed E-state index contributed by atoms with van der Waals surface area (Å²) in [6, 6.07) is 60.0. The van der Waals surface area contributed by atoms with Gasteiger partial charge < -0.3 is 0 Å². The zero-order chi connectivity index (χ0) is 38.6. The summed E-state index contributed by atoms with van der Waals surface area (Å²) >= 11 is 0. The standard InChI is InChI=1S/C54H42N4/c55-34-35-10-12-39(13-11-35)40-14-16-41(17-15-40)47-26-27-48(50-9-5-4-8-49(47)50)42-18-20-44(21-19-42)52-56-51(43-6-2-1-3-7-43)57-53(58-52)45-22-24-46(25-23-45)54-31-36-28-37(32-54)30-38(29-36)33-54/h1-27,36-38H,28-33H2. The monoisotopic (exact) mass is 746 g/mol. The van der Waals surface area contributed by atoms with Crippen LogP contribution in [0.15, 0.2) is 164 Å². The molecule has 0 radical (unpaired) electrons. The third kappa shape index (κ3) is 6.19. The van der Waals surface area contributed by atoms with Crippen molar-refractivity contribution >= 4 is 10.8 Å². The van der Waals surface area contributed by atoms with Crippen molar-refractivity contribution in [1.82, 2.24) is 15.0 Å². The van der Waals surface area contributed by atoms with E-state index in [1.54, 1.807) is 0 Å². The Labute approximate surface area is 340 Å². The Morgan fingerprint density at radius 3 is 1.24 bits per heavy atom. The van der Waals surface area contributed by atoms with Crippen molar-refractivity contribution in [2.45, 2.75) is 43.9 Å². The van der Waals surface area contributed by atoms with Gasteiger partial charge >= 0.3 is 0 Å². The first kappa shape index (κ1) is 34.5. The lowest BCUT2D eigenvalue weighted by Gasteiger charge is -2.57. The SMILES string of the molecule is N#Cc1ccc(-c2ccc(-c3ccc(-c4ccc(-c5nc(-c6ccccc6)nc(-c6ccc(C78CC9CC(CC(C9)C7)C8)cc6)n5)cc4)c4ccccc34)cc2)cc1. The van der Waals surface area contributed by atoms with Crippen LogP contribution in [0.1, 0.15) is 49.7 Å². The van der Waals surface area contributed by atoms with Crippen LogP contribution >= 0.6 is 0 Å². The number of nitriles is 1. The molecule has 12 rings (SSSR count). The Bertz CT molecular complexity index is 2800. The van der Waals surface area contributed by atoms with Gasteiger partial charge in [-0.3, -0.25) is 0 Å². The Morgan fingerprint density at radius 2 is 0.776 bits per heavy atom. The minimum Gasteiger partial charge on any atom is -0.208 e. The molecule has 0 unspecified atom stereocenters. The topological polar surface area (TPSA) is 62.5 Å². The van der Waals surface area contributed by atoms with Crippen LogP contribution in [0, 0.1) is 29.1 Å². The van der Waals surface area contributed by atoms with Crippen LogP contribution in [0.3, 0.4) is 0 Å². The number of benzene rings is 7. The summed E-state index contributed by atoms with van der Waals surface area (Å²) in [7, 11) is 0. The highest BCUT2D eigenvalue weighted by molar-refractivity contribution is 6.05. The highest BCUT2D eigenvalue weighted by Crippen LogP contribution is 2.60. The van der Waals surface area contributed by atoms with E-state index in [0.717, 1.165) is 56.7 Å². The molecule has 4 nitrogen and oxygen atoms in total. The van der Waals surface area contributed by atoms with Gasteiger partial charge in [-0.1, -0.05) is 152 Å². The second-order valence-corrected chi connectivity index (χ2v) is 17.0. The quantitative estimate of drug-likeness (QED) is 0.163. The van der Waals surface area contributed by atoms with Gasteiger partial charge in [-0.15, -0.1) is 0 Å². The van der Waals surface area contributed by atoms with Crippen LogP contribution in [0.25, 0.3) is 78.3 Å². The van der Waals surface area contributed by atoms with E-state index in [-0.39, 0.29) is 0 Å². The summed E-state index contributed by atoms with van der Waals surface area (Å²) in [5.41, 5.74) is 12.4. The normalized spacial score (nSPS) is 20.6. The van der Waals surface area contributed by atoms with Crippen LogP contribution in [0.4, 0.5) is 0 Å². The molecular weight excluding hydrogens is 705 g/mol. The molecule has 7 aromatic carbocycles. The number of hydrogen-bond acceptors (Lipinski definition) is 4. The molecule has 58 heavy (non-hydrogen) atoms. The summed E-state index contributed by atoms with van der Waals surface area (Å²) in [4.78, 5) is 15.2. The zero-order valence-corrected chi connectivity index (χ0v) is 32.4. The Balaban J connectivity index is 0.909. The first-order valence-corrected chi connectivity index (χ1v) is 20.7. The van der Waals surface area contributed by atoms with Crippen molar-refractivity contribution < 1.29 is 0 Å². The van der Waals surface area contributed by atoms with Gasteiger partial charge in [0.2, 0.25) is 0 Å². The number of aromatic nitrogens is 3. The van der Waals surface area contributed by atoms with Crippen LogP contribution < -0.4 is 0 Å². The fourth-order valence-corrected chi connectivity index (χ4v) is 11.0. The molecule has 4 saturated carbocycles. The minimum atomic E-state index is 0.361. The van der Waals surface area contributed by atoms with E-state index in [9.17, 15) is 5.26 Å². The molecule has 4 bridgehead atoms. The smallest absolute Gasteiger partial charge is 0.164 e. The lowest BCUT2D eigenvalue weighted by Crippen LogP contribution is -2.48. The third-order valence-corrected chi connectivity index (χ3v) is 13.4. The molecule has 0 atom stereocenters.